The molecule has 132 valence electrons. The average Bonchev–Trinajstić information content (AvgIpc) is 3.12. The van der Waals surface area contributed by atoms with Crippen LogP contribution < -0.4 is 9.47 Å². The molecule has 1 N–H and O–H groups in total. The van der Waals surface area contributed by atoms with Crippen molar-refractivity contribution in [1.82, 2.24) is 14.9 Å². The molecular formula is C17H19N3O5. The number of amides is 1. The summed E-state index contributed by atoms with van der Waals surface area (Å²) in [5, 5.41) is 0. The molecule has 0 bridgehead atoms. The third-order valence-electron chi connectivity index (χ3n) is 4.11. The van der Waals surface area contributed by atoms with Gasteiger partial charge in [0.2, 0.25) is 0 Å². The van der Waals surface area contributed by atoms with E-state index in [4.69, 9.17) is 14.2 Å². The van der Waals surface area contributed by atoms with Crippen LogP contribution in [0.15, 0.2) is 30.6 Å². The summed E-state index contributed by atoms with van der Waals surface area (Å²) in [7, 11) is 2.83. The van der Waals surface area contributed by atoms with Crippen LogP contribution in [0.1, 0.15) is 11.4 Å². The van der Waals surface area contributed by atoms with E-state index in [9.17, 15) is 9.59 Å². The van der Waals surface area contributed by atoms with Crippen molar-refractivity contribution in [2.24, 2.45) is 0 Å². The minimum Gasteiger partial charge on any atom is -0.493 e. The van der Waals surface area contributed by atoms with Crippen molar-refractivity contribution >= 4 is 11.9 Å². The number of esters is 1. The Hall–Kier alpha value is -3.03. The number of H-pyrrole nitrogens is 1. The van der Waals surface area contributed by atoms with Crippen molar-refractivity contribution in [1.29, 1.82) is 0 Å². The van der Waals surface area contributed by atoms with Crippen LogP contribution in [0.25, 0.3) is 0 Å². The number of aromatic nitrogens is 2. The van der Waals surface area contributed by atoms with Crippen LogP contribution in [0.2, 0.25) is 0 Å². The van der Waals surface area contributed by atoms with Gasteiger partial charge in [0.15, 0.2) is 18.1 Å². The number of imidazole rings is 1. The van der Waals surface area contributed by atoms with E-state index in [1.54, 1.807) is 24.5 Å². The molecule has 1 unspecified atom stereocenters. The highest BCUT2D eigenvalue weighted by Crippen LogP contribution is 2.26. The highest BCUT2D eigenvalue weighted by molar-refractivity contribution is 5.86. The number of rotatable bonds is 5. The minimum absolute atomic E-state index is 0.211. The van der Waals surface area contributed by atoms with Crippen molar-refractivity contribution in [3.05, 3.63) is 42.0 Å². The standard InChI is InChI=1S/C17H19N3O5/c1-23-14-5-3-4-6-15(14)25-9-16(21)20-8-12-11(18-10-19-12)7-13(20)17(22)24-2/h3-6,10,13H,7-9H2,1-2H3,(H,18,19). The molecule has 8 nitrogen and oxygen atoms in total. The first-order chi connectivity index (χ1) is 12.1. The Bertz CT molecular complexity index is 773. The maximum absolute atomic E-state index is 12.7. The Morgan fingerprint density at radius 3 is 2.76 bits per heavy atom. The lowest BCUT2D eigenvalue weighted by Gasteiger charge is -2.33. The molecule has 25 heavy (non-hydrogen) atoms. The number of hydrogen-bond donors (Lipinski definition) is 1. The van der Waals surface area contributed by atoms with Crippen LogP contribution in [0.3, 0.4) is 0 Å². The predicted octanol–water partition coefficient (Wildman–Crippen LogP) is 0.924. The van der Waals surface area contributed by atoms with Crippen molar-refractivity contribution in [2.75, 3.05) is 20.8 Å². The number of para-hydroxylation sites is 2. The van der Waals surface area contributed by atoms with E-state index in [-0.39, 0.29) is 19.1 Å². The second-order valence-corrected chi connectivity index (χ2v) is 5.53. The second kappa shape index (κ2) is 7.25. The lowest BCUT2D eigenvalue weighted by molar-refractivity contribution is -0.154. The number of nitrogens with zero attached hydrogens (tertiary/aromatic N) is 2. The van der Waals surface area contributed by atoms with Gasteiger partial charge in [-0.15, -0.1) is 0 Å². The van der Waals surface area contributed by atoms with Crippen LogP contribution in [0.5, 0.6) is 11.5 Å². The smallest absolute Gasteiger partial charge is 0.329 e. The van der Waals surface area contributed by atoms with E-state index in [1.807, 2.05) is 6.07 Å². The first-order valence-corrected chi connectivity index (χ1v) is 7.78. The van der Waals surface area contributed by atoms with Crippen LogP contribution in [-0.4, -0.2) is 53.6 Å². The molecule has 2 heterocycles. The molecule has 1 atom stereocenters. The van der Waals surface area contributed by atoms with Gasteiger partial charge in [0, 0.05) is 6.42 Å². The van der Waals surface area contributed by atoms with Gasteiger partial charge in [0.1, 0.15) is 6.04 Å². The number of ether oxygens (including phenoxy) is 3. The third kappa shape index (κ3) is 3.42. The third-order valence-corrected chi connectivity index (χ3v) is 4.11. The van der Waals surface area contributed by atoms with Crippen LogP contribution in [0.4, 0.5) is 0 Å². The fourth-order valence-corrected chi connectivity index (χ4v) is 2.81. The van der Waals surface area contributed by atoms with Crippen molar-refractivity contribution < 1.29 is 23.8 Å². The van der Waals surface area contributed by atoms with E-state index < -0.39 is 12.0 Å². The highest BCUT2D eigenvalue weighted by atomic mass is 16.5. The van der Waals surface area contributed by atoms with Crippen molar-refractivity contribution in [3.8, 4) is 11.5 Å². The molecule has 8 heteroatoms. The average molecular weight is 345 g/mol. The quantitative estimate of drug-likeness (QED) is 0.810. The molecule has 0 aliphatic carbocycles. The fraction of sp³-hybridized carbons (Fsp3) is 0.353. The zero-order chi connectivity index (χ0) is 17.8. The Labute approximate surface area is 144 Å². The largest absolute Gasteiger partial charge is 0.493 e. The lowest BCUT2D eigenvalue weighted by atomic mass is 10.0. The number of methoxy groups -OCH3 is 2. The molecule has 1 amide bonds. The van der Waals surface area contributed by atoms with Crippen LogP contribution in [-0.2, 0) is 27.3 Å². The summed E-state index contributed by atoms with van der Waals surface area (Å²) in [6.45, 7) is 0.0422. The van der Waals surface area contributed by atoms with Gasteiger partial charge in [0.05, 0.1) is 38.5 Å². The van der Waals surface area contributed by atoms with Crippen molar-refractivity contribution in [3.63, 3.8) is 0 Å². The summed E-state index contributed by atoms with van der Waals surface area (Å²) in [5.41, 5.74) is 1.58. The fourth-order valence-electron chi connectivity index (χ4n) is 2.81. The van der Waals surface area contributed by atoms with Crippen LogP contribution >= 0.6 is 0 Å². The number of nitrogens with one attached hydrogen (secondary N) is 1. The molecule has 1 aromatic carbocycles. The topological polar surface area (TPSA) is 93.8 Å². The van der Waals surface area contributed by atoms with Crippen LogP contribution in [0, 0.1) is 0 Å². The first kappa shape index (κ1) is 16.8. The summed E-state index contributed by atoms with van der Waals surface area (Å²) in [6, 6.07) is 6.35. The van der Waals surface area contributed by atoms with E-state index >= 15 is 0 Å². The normalized spacial score (nSPS) is 16.1. The van der Waals surface area contributed by atoms with Gasteiger partial charge >= 0.3 is 5.97 Å². The Kier molecular flexibility index (Phi) is 4.87. The van der Waals surface area contributed by atoms with Gasteiger partial charge < -0.3 is 24.1 Å². The molecule has 1 aliphatic rings. The molecule has 0 fully saturated rings. The first-order valence-electron chi connectivity index (χ1n) is 7.78. The van der Waals surface area contributed by atoms with Gasteiger partial charge in [0.25, 0.3) is 5.91 Å². The summed E-state index contributed by atoms with van der Waals surface area (Å²) in [5.74, 6) is 0.211. The minimum atomic E-state index is -0.713. The Morgan fingerprint density at radius 2 is 2.04 bits per heavy atom. The molecule has 1 aliphatic heterocycles. The molecule has 1 aromatic heterocycles. The number of carbonyl (C=O) groups is 2. The molecule has 3 rings (SSSR count). The number of carbonyl (C=O) groups excluding carboxylic acids is 2. The second-order valence-electron chi connectivity index (χ2n) is 5.53. The summed E-state index contributed by atoms with van der Waals surface area (Å²) >= 11 is 0. The molecule has 0 saturated heterocycles. The monoisotopic (exact) mass is 345 g/mol. The maximum Gasteiger partial charge on any atom is 0.329 e. The predicted molar refractivity (Wildman–Crippen MR) is 87.1 cm³/mol. The SMILES string of the molecule is COC(=O)C1Cc2nc[nH]c2CN1C(=O)COc1ccccc1OC. The highest BCUT2D eigenvalue weighted by Gasteiger charge is 2.36. The molecule has 0 saturated carbocycles. The van der Waals surface area contributed by atoms with Gasteiger partial charge in [-0.2, -0.15) is 0 Å². The van der Waals surface area contributed by atoms with E-state index in [2.05, 4.69) is 9.97 Å². The van der Waals surface area contributed by atoms with E-state index in [1.165, 1.54) is 19.1 Å². The summed E-state index contributed by atoms with van der Waals surface area (Å²) in [4.78, 5) is 33.3. The number of aromatic amines is 1. The molecular weight excluding hydrogens is 326 g/mol. The maximum atomic E-state index is 12.7. The van der Waals surface area contributed by atoms with Gasteiger partial charge in [-0.25, -0.2) is 9.78 Å². The molecule has 2 aromatic rings. The van der Waals surface area contributed by atoms with E-state index in [0.29, 0.717) is 17.9 Å². The van der Waals surface area contributed by atoms with E-state index in [0.717, 1.165) is 11.4 Å². The Balaban J connectivity index is 1.74. The molecule has 0 radical (unpaired) electrons. The lowest BCUT2D eigenvalue weighted by Crippen LogP contribution is -2.50. The molecule has 0 spiro atoms. The summed E-state index contributed by atoms with van der Waals surface area (Å²) in [6.07, 6.45) is 1.87. The number of fused-ring (bicyclic) bond motifs is 1. The van der Waals surface area contributed by atoms with Gasteiger partial charge in [-0.3, -0.25) is 4.79 Å². The summed E-state index contributed by atoms with van der Waals surface area (Å²) < 4.78 is 15.6. The van der Waals surface area contributed by atoms with Crippen molar-refractivity contribution in [2.45, 2.75) is 19.0 Å². The zero-order valence-electron chi connectivity index (χ0n) is 14.0. The Morgan fingerprint density at radius 1 is 1.28 bits per heavy atom. The number of hydrogen-bond acceptors (Lipinski definition) is 6. The zero-order valence-corrected chi connectivity index (χ0v) is 14.0. The van der Waals surface area contributed by atoms with Gasteiger partial charge in [-0.05, 0) is 12.1 Å². The van der Waals surface area contributed by atoms with Gasteiger partial charge in [-0.1, -0.05) is 12.1 Å². The number of benzene rings is 1.